The molecule has 18 heavy (non-hydrogen) atoms. The van der Waals surface area contributed by atoms with E-state index in [1.165, 1.54) is 12.1 Å². The molecule has 0 fully saturated rings. The average molecular weight is 254 g/mol. The van der Waals surface area contributed by atoms with Crippen LogP contribution in [0.2, 0.25) is 0 Å². The summed E-state index contributed by atoms with van der Waals surface area (Å²) in [4.78, 5) is 10.7. The molecule has 6 heteroatoms. The lowest BCUT2D eigenvalue weighted by Crippen LogP contribution is -2.29. The first-order valence-corrected chi connectivity index (χ1v) is 5.08. The lowest BCUT2D eigenvalue weighted by atomic mass is 10.2. The van der Waals surface area contributed by atoms with Crippen LogP contribution in [0.15, 0.2) is 48.8 Å². The van der Waals surface area contributed by atoms with Gasteiger partial charge in [0, 0.05) is 23.8 Å². The number of hydrogen-bond acceptors (Lipinski definition) is 1. The molecule has 0 saturated heterocycles. The Kier molecular flexibility index (Phi) is 3.10. The van der Waals surface area contributed by atoms with E-state index in [4.69, 9.17) is 0 Å². The molecule has 0 bridgehead atoms. The fourth-order valence-corrected chi connectivity index (χ4v) is 1.43. The van der Waals surface area contributed by atoms with E-state index in [1.807, 2.05) is 24.5 Å². The number of benzene rings is 1. The van der Waals surface area contributed by atoms with E-state index >= 15 is 0 Å². The third-order valence-corrected chi connectivity index (χ3v) is 2.29. The van der Waals surface area contributed by atoms with Crippen LogP contribution in [0.1, 0.15) is 0 Å². The van der Waals surface area contributed by atoms with Gasteiger partial charge in [0.25, 0.3) is 0 Å². The highest BCUT2D eigenvalue weighted by Crippen LogP contribution is 2.19. The van der Waals surface area contributed by atoms with Gasteiger partial charge in [0.15, 0.2) is 0 Å². The van der Waals surface area contributed by atoms with Gasteiger partial charge in [0.05, 0.1) is 0 Å². The molecule has 2 rings (SSSR count). The minimum atomic E-state index is -4.88. The molecule has 1 N–H and O–H groups in total. The normalized spacial score (nSPS) is 11.3. The summed E-state index contributed by atoms with van der Waals surface area (Å²) in [5.41, 5.74) is 0.901. The molecule has 0 radical (unpaired) electrons. The Morgan fingerprint density at radius 2 is 1.61 bits per heavy atom. The monoisotopic (exact) mass is 254 g/mol. The van der Waals surface area contributed by atoms with E-state index in [0.29, 0.717) is 0 Å². The Morgan fingerprint density at radius 1 is 1.06 bits per heavy atom. The Balaban J connectivity index is 2.12. The molecular weight excluding hydrogens is 245 g/mol. The summed E-state index contributed by atoms with van der Waals surface area (Å²) < 4.78 is 37.9. The molecule has 3 nitrogen and oxygen atoms in total. The summed E-state index contributed by atoms with van der Waals surface area (Å²) in [7, 11) is 0. The van der Waals surface area contributed by atoms with Crippen molar-refractivity contribution in [2.75, 3.05) is 5.32 Å². The first-order valence-electron chi connectivity index (χ1n) is 5.08. The Labute approximate surface area is 101 Å². The summed E-state index contributed by atoms with van der Waals surface area (Å²) in [6.07, 6.45) is -1.26. The Hall–Kier alpha value is -2.24. The van der Waals surface area contributed by atoms with Crippen molar-refractivity contribution in [1.29, 1.82) is 0 Å². The number of amides is 1. The minimum Gasteiger partial charge on any atom is -0.324 e. The van der Waals surface area contributed by atoms with Crippen molar-refractivity contribution < 1.29 is 18.0 Å². The first-order chi connectivity index (χ1) is 8.47. The molecule has 94 valence electrons. The SMILES string of the molecule is O=C(Nc1ccc(-n2cccc2)cc1)C(F)(F)F. The van der Waals surface area contributed by atoms with E-state index in [9.17, 15) is 18.0 Å². The average Bonchev–Trinajstić information content (AvgIpc) is 2.82. The van der Waals surface area contributed by atoms with E-state index in [0.717, 1.165) is 5.69 Å². The number of alkyl halides is 3. The smallest absolute Gasteiger partial charge is 0.324 e. The number of carbonyl (C=O) groups is 1. The van der Waals surface area contributed by atoms with Gasteiger partial charge in [-0.3, -0.25) is 4.79 Å². The maximum absolute atomic E-state index is 12.0. The van der Waals surface area contributed by atoms with Gasteiger partial charge in [-0.05, 0) is 36.4 Å². The molecule has 1 aromatic heterocycles. The fourth-order valence-electron chi connectivity index (χ4n) is 1.43. The molecule has 0 aliphatic carbocycles. The Bertz CT molecular complexity index is 529. The number of aromatic nitrogens is 1. The third kappa shape index (κ3) is 2.71. The molecule has 0 atom stereocenters. The quantitative estimate of drug-likeness (QED) is 0.878. The maximum atomic E-state index is 12.0. The molecule has 0 saturated carbocycles. The second-order valence-corrected chi connectivity index (χ2v) is 3.59. The minimum absolute atomic E-state index is 0.105. The molecule has 0 unspecified atom stereocenters. The molecule has 2 aromatic rings. The van der Waals surface area contributed by atoms with Crippen LogP contribution in [0.3, 0.4) is 0 Å². The zero-order valence-electron chi connectivity index (χ0n) is 9.11. The van der Waals surface area contributed by atoms with Crippen LogP contribution in [-0.4, -0.2) is 16.7 Å². The van der Waals surface area contributed by atoms with Gasteiger partial charge in [-0.15, -0.1) is 0 Å². The maximum Gasteiger partial charge on any atom is 0.471 e. The van der Waals surface area contributed by atoms with Crippen LogP contribution in [0.4, 0.5) is 18.9 Å². The van der Waals surface area contributed by atoms with Crippen molar-refractivity contribution in [3.05, 3.63) is 48.8 Å². The van der Waals surface area contributed by atoms with Gasteiger partial charge < -0.3 is 9.88 Å². The number of anilines is 1. The highest BCUT2D eigenvalue weighted by atomic mass is 19.4. The van der Waals surface area contributed by atoms with Crippen molar-refractivity contribution in [1.82, 2.24) is 4.57 Å². The highest BCUT2D eigenvalue weighted by Gasteiger charge is 2.38. The molecule has 0 spiro atoms. The highest BCUT2D eigenvalue weighted by molar-refractivity contribution is 5.94. The van der Waals surface area contributed by atoms with Crippen LogP contribution >= 0.6 is 0 Å². The number of rotatable bonds is 2. The lowest BCUT2D eigenvalue weighted by Gasteiger charge is -2.09. The van der Waals surface area contributed by atoms with Crippen molar-refractivity contribution in [2.45, 2.75) is 6.18 Å². The zero-order chi connectivity index (χ0) is 13.2. The van der Waals surface area contributed by atoms with Crippen molar-refractivity contribution >= 4 is 11.6 Å². The summed E-state index contributed by atoms with van der Waals surface area (Å²) in [6, 6.07) is 9.73. The van der Waals surface area contributed by atoms with Gasteiger partial charge in [0.2, 0.25) is 0 Å². The molecule has 0 aliphatic heterocycles. The first kappa shape index (κ1) is 12.2. The number of carbonyl (C=O) groups excluding carboxylic acids is 1. The van der Waals surface area contributed by atoms with Gasteiger partial charge >= 0.3 is 12.1 Å². The molecule has 1 aromatic carbocycles. The number of hydrogen-bond donors (Lipinski definition) is 1. The van der Waals surface area contributed by atoms with Crippen LogP contribution in [0, 0.1) is 0 Å². The van der Waals surface area contributed by atoms with E-state index < -0.39 is 12.1 Å². The second kappa shape index (κ2) is 4.56. The number of nitrogens with one attached hydrogen (secondary N) is 1. The summed E-state index contributed by atoms with van der Waals surface area (Å²) in [6.45, 7) is 0. The fraction of sp³-hybridized carbons (Fsp3) is 0.0833. The van der Waals surface area contributed by atoms with Crippen molar-refractivity contribution in [3.8, 4) is 5.69 Å². The molecule has 1 amide bonds. The largest absolute Gasteiger partial charge is 0.471 e. The topological polar surface area (TPSA) is 34.0 Å². The standard InChI is InChI=1S/C12H9F3N2O/c13-12(14,15)11(18)16-9-3-5-10(6-4-9)17-7-1-2-8-17/h1-8H,(H,16,18). The third-order valence-electron chi connectivity index (χ3n) is 2.29. The summed E-state index contributed by atoms with van der Waals surface area (Å²) >= 11 is 0. The van der Waals surface area contributed by atoms with Crippen molar-refractivity contribution in [3.63, 3.8) is 0 Å². The lowest BCUT2D eigenvalue weighted by molar-refractivity contribution is -0.167. The molecule has 0 aliphatic rings. The predicted molar refractivity (Wildman–Crippen MR) is 60.5 cm³/mol. The van der Waals surface area contributed by atoms with Crippen molar-refractivity contribution in [2.24, 2.45) is 0 Å². The van der Waals surface area contributed by atoms with E-state index in [-0.39, 0.29) is 5.69 Å². The summed E-state index contributed by atoms with van der Waals surface area (Å²) in [5, 5.41) is 1.78. The van der Waals surface area contributed by atoms with E-state index in [1.54, 1.807) is 22.0 Å². The van der Waals surface area contributed by atoms with Crippen LogP contribution in [0.5, 0.6) is 0 Å². The number of halogens is 3. The van der Waals surface area contributed by atoms with Crippen LogP contribution in [-0.2, 0) is 4.79 Å². The second-order valence-electron chi connectivity index (χ2n) is 3.59. The number of nitrogens with zero attached hydrogens (tertiary/aromatic N) is 1. The van der Waals surface area contributed by atoms with Crippen LogP contribution in [0.25, 0.3) is 5.69 Å². The van der Waals surface area contributed by atoms with Crippen LogP contribution < -0.4 is 5.32 Å². The molecule has 1 heterocycles. The van der Waals surface area contributed by atoms with Gasteiger partial charge in [-0.1, -0.05) is 0 Å². The van der Waals surface area contributed by atoms with Gasteiger partial charge in [0.1, 0.15) is 0 Å². The molecular formula is C12H9F3N2O. The van der Waals surface area contributed by atoms with Gasteiger partial charge in [-0.25, -0.2) is 0 Å². The summed E-state index contributed by atoms with van der Waals surface area (Å²) in [5.74, 6) is -1.98. The zero-order valence-corrected chi connectivity index (χ0v) is 9.11. The predicted octanol–water partition coefficient (Wildman–Crippen LogP) is 2.98. The Morgan fingerprint density at radius 3 is 2.11 bits per heavy atom. The van der Waals surface area contributed by atoms with Gasteiger partial charge in [-0.2, -0.15) is 13.2 Å². The van der Waals surface area contributed by atoms with E-state index in [2.05, 4.69) is 0 Å².